The van der Waals surface area contributed by atoms with Gasteiger partial charge in [0.2, 0.25) is 0 Å². The number of imidazole rings is 1. The second-order valence-electron chi connectivity index (χ2n) is 11.4. The van der Waals surface area contributed by atoms with Crippen LogP contribution >= 0.6 is 0 Å². The number of H-pyrrole nitrogens is 1. The van der Waals surface area contributed by atoms with Crippen molar-refractivity contribution >= 4 is 22.6 Å². The van der Waals surface area contributed by atoms with Gasteiger partial charge in [0.05, 0.1) is 24.1 Å². The molecule has 2 bridgehead atoms. The summed E-state index contributed by atoms with van der Waals surface area (Å²) in [5.41, 5.74) is 4.21. The van der Waals surface area contributed by atoms with Gasteiger partial charge in [0, 0.05) is 30.9 Å². The number of esters is 1. The molecular weight excluding hydrogens is 474 g/mol. The van der Waals surface area contributed by atoms with Crippen molar-refractivity contribution in [2.24, 2.45) is 17.8 Å². The lowest BCUT2D eigenvalue weighted by atomic mass is 9.60. The zero-order valence-electron chi connectivity index (χ0n) is 23.2. The molecule has 1 fully saturated rings. The number of para-hydroxylation sites is 3. The second kappa shape index (κ2) is 11.3. The molecule has 3 aliphatic carbocycles. The third-order valence-corrected chi connectivity index (χ3v) is 8.42. The van der Waals surface area contributed by atoms with Crippen LogP contribution in [0, 0.1) is 17.8 Å². The molecule has 1 aromatic heterocycles. The van der Waals surface area contributed by atoms with Gasteiger partial charge in [-0.3, -0.25) is 4.79 Å². The minimum Gasteiger partial charge on any atom is -0.496 e. The molecule has 38 heavy (non-hydrogen) atoms. The molecule has 1 heterocycles. The van der Waals surface area contributed by atoms with E-state index >= 15 is 0 Å². The number of allylic oxidation sites excluding steroid dienone is 1. The molecule has 202 valence electrons. The molecule has 3 atom stereocenters. The van der Waals surface area contributed by atoms with Crippen molar-refractivity contribution in [3.8, 4) is 5.75 Å². The number of aromatic amines is 1. The van der Waals surface area contributed by atoms with Gasteiger partial charge in [0.15, 0.2) is 0 Å². The van der Waals surface area contributed by atoms with Crippen LogP contribution < -0.4 is 4.74 Å². The van der Waals surface area contributed by atoms with E-state index in [9.17, 15) is 4.79 Å². The smallest absolute Gasteiger partial charge is 0.308 e. The van der Waals surface area contributed by atoms with Crippen molar-refractivity contribution < 1.29 is 14.3 Å². The Labute approximate surface area is 226 Å². The number of nitrogens with zero attached hydrogens (tertiary/aromatic N) is 2. The number of methoxy groups -OCH3 is 1. The standard InChI is InChI=1S/C32H41N3O3/c1-22(2)31(36)38-32(17-19-35(3)18-9-14-30-33-27-11-6-7-12-28(27)34-30)21-23-15-16-24(32)20-26(23)25-10-5-8-13-29(25)37-4/h5-8,10-13,20,22-24H,9,14-19,21H2,1-4H3,(H,33,34). The Morgan fingerprint density at radius 3 is 2.66 bits per heavy atom. The molecule has 0 aliphatic heterocycles. The number of carbonyl (C=O) groups excluding carboxylic acids is 1. The highest BCUT2D eigenvalue weighted by molar-refractivity contribution is 5.76. The number of ether oxygens (including phenoxy) is 2. The fourth-order valence-electron chi connectivity index (χ4n) is 6.27. The van der Waals surface area contributed by atoms with Crippen LogP contribution in [0.2, 0.25) is 0 Å². The van der Waals surface area contributed by atoms with Gasteiger partial charge >= 0.3 is 5.97 Å². The maximum atomic E-state index is 12.9. The molecule has 6 rings (SSSR count). The molecule has 3 aliphatic rings. The van der Waals surface area contributed by atoms with Crippen LogP contribution in [0.3, 0.4) is 0 Å². The van der Waals surface area contributed by atoms with Gasteiger partial charge in [-0.1, -0.05) is 50.3 Å². The minimum absolute atomic E-state index is 0.0858. The topological polar surface area (TPSA) is 67.4 Å². The Hall–Kier alpha value is -3.12. The van der Waals surface area contributed by atoms with E-state index in [1.54, 1.807) is 7.11 Å². The predicted molar refractivity (Wildman–Crippen MR) is 152 cm³/mol. The molecule has 6 heteroatoms. The number of aryl methyl sites for hydroxylation is 1. The normalized spacial score (nSPS) is 22.7. The number of nitrogens with one attached hydrogen (secondary N) is 1. The average Bonchev–Trinajstić information content (AvgIpc) is 3.35. The van der Waals surface area contributed by atoms with Crippen molar-refractivity contribution in [2.45, 2.75) is 58.0 Å². The molecule has 3 aromatic rings. The van der Waals surface area contributed by atoms with E-state index in [1.165, 1.54) is 11.1 Å². The van der Waals surface area contributed by atoms with Crippen LogP contribution in [0.5, 0.6) is 5.75 Å². The van der Waals surface area contributed by atoms with E-state index in [4.69, 9.17) is 14.5 Å². The van der Waals surface area contributed by atoms with E-state index in [-0.39, 0.29) is 17.8 Å². The van der Waals surface area contributed by atoms with Crippen molar-refractivity contribution in [1.29, 1.82) is 0 Å². The highest BCUT2D eigenvalue weighted by Gasteiger charge is 2.50. The molecule has 0 amide bonds. The highest BCUT2D eigenvalue weighted by atomic mass is 16.6. The first-order valence-corrected chi connectivity index (χ1v) is 14.1. The fraction of sp³-hybridized carbons (Fsp3) is 0.500. The molecular formula is C32H41N3O3. The zero-order chi connectivity index (χ0) is 26.7. The van der Waals surface area contributed by atoms with E-state index < -0.39 is 5.60 Å². The van der Waals surface area contributed by atoms with Crippen LogP contribution in [-0.2, 0) is 16.0 Å². The maximum Gasteiger partial charge on any atom is 0.308 e. The van der Waals surface area contributed by atoms with Crippen molar-refractivity contribution in [1.82, 2.24) is 14.9 Å². The summed E-state index contributed by atoms with van der Waals surface area (Å²) in [6.07, 6.45) is 8.26. The Kier molecular flexibility index (Phi) is 7.89. The number of carbonyl (C=O) groups is 1. The highest BCUT2D eigenvalue weighted by Crippen LogP contribution is 2.54. The minimum atomic E-state index is -0.442. The SMILES string of the molecule is COc1ccccc1C1=CC2CCC1CC2(CCN(C)CCCc1nc2ccccc2[nH]1)OC(=O)C(C)C. The van der Waals surface area contributed by atoms with Gasteiger partial charge in [0.25, 0.3) is 0 Å². The molecule has 1 saturated carbocycles. The first-order chi connectivity index (χ1) is 18.4. The lowest BCUT2D eigenvalue weighted by Crippen LogP contribution is -2.51. The molecule has 0 saturated heterocycles. The molecule has 3 unspecified atom stereocenters. The Balaban J connectivity index is 1.26. The van der Waals surface area contributed by atoms with Gasteiger partial charge in [-0.25, -0.2) is 4.98 Å². The van der Waals surface area contributed by atoms with Gasteiger partial charge < -0.3 is 19.4 Å². The van der Waals surface area contributed by atoms with Gasteiger partial charge in [-0.2, -0.15) is 0 Å². The van der Waals surface area contributed by atoms with E-state index in [1.807, 2.05) is 44.2 Å². The van der Waals surface area contributed by atoms with Crippen LogP contribution in [-0.4, -0.2) is 53.7 Å². The van der Waals surface area contributed by atoms with Gasteiger partial charge in [-0.15, -0.1) is 0 Å². The van der Waals surface area contributed by atoms with Crippen molar-refractivity contribution in [3.05, 3.63) is 66.0 Å². The van der Waals surface area contributed by atoms with Gasteiger partial charge in [-0.05, 0) is 69.0 Å². The van der Waals surface area contributed by atoms with Gasteiger partial charge in [0.1, 0.15) is 17.2 Å². The molecule has 2 aromatic carbocycles. The summed E-state index contributed by atoms with van der Waals surface area (Å²) < 4.78 is 12.1. The van der Waals surface area contributed by atoms with Crippen LogP contribution in [0.1, 0.15) is 57.3 Å². The largest absolute Gasteiger partial charge is 0.496 e. The van der Waals surface area contributed by atoms with E-state index in [0.29, 0.717) is 5.92 Å². The summed E-state index contributed by atoms with van der Waals surface area (Å²) in [5.74, 6) is 2.33. The number of rotatable bonds is 11. The van der Waals surface area contributed by atoms with Crippen LogP contribution in [0.4, 0.5) is 0 Å². The molecule has 6 nitrogen and oxygen atoms in total. The maximum absolute atomic E-state index is 12.9. The molecule has 1 N–H and O–H groups in total. The Morgan fingerprint density at radius 1 is 1.13 bits per heavy atom. The van der Waals surface area contributed by atoms with E-state index in [0.717, 1.165) is 74.2 Å². The van der Waals surface area contributed by atoms with E-state index in [2.05, 4.69) is 41.2 Å². The number of benzene rings is 2. The monoisotopic (exact) mass is 515 g/mol. The summed E-state index contributed by atoms with van der Waals surface area (Å²) in [7, 11) is 3.91. The van der Waals surface area contributed by atoms with Crippen molar-refractivity contribution in [3.63, 3.8) is 0 Å². The number of aromatic nitrogens is 2. The first-order valence-electron chi connectivity index (χ1n) is 14.1. The fourth-order valence-corrected chi connectivity index (χ4v) is 6.27. The Morgan fingerprint density at radius 2 is 1.92 bits per heavy atom. The summed E-state index contributed by atoms with van der Waals surface area (Å²) in [6.45, 7) is 5.73. The summed E-state index contributed by atoms with van der Waals surface area (Å²) >= 11 is 0. The lowest BCUT2D eigenvalue weighted by molar-refractivity contribution is -0.176. The lowest BCUT2D eigenvalue weighted by Gasteiger charge is -2.50. The third kappa shape index (κ3) is 5.51. The summed E-state index contributed by atoms with van der Waals surface area (Å²) in [4.78, 5) is 23.4. The zero-order valence-corrected chi connectivity index (χ0v) is 23.2. The predicted octanol–water partition coefficient (Wildman–Crippen LogP) is 6.28. The first kappa shape index (κ1) is 26.5. The summed E-state index contributed by atoms with van der Waals surface area (Å²) in [6, 6.07) is 16.5. The molecule has 0 radical (unpaired) electrons. The number of fused-ring (bicyclic) bond motifs is 3. The quantitative estimate of drug-likeness (QED) is 0.305. The summed E-state index contributed by atoms with van der Waals surface area (Å²) in [5, 5.41) is 0. The average molecular weight is 516 g/mol. The van der Waals surface area contributed by atoms with Crippen LogP contribution in [0.25, 0.3) is 16.6 Å². The van der Waals surface area contributed by atoms with Crippen LogP contribution in [0.15, 0.2) is 54.6 Å². The third-order valence-electron chi connectivity index (χ3n) is 8.42. The Bertz CT molecular complexity index is 1260. The second-order valence-corrected chi connectivity index (χ2v) is 11.4. The number of hydrogen-bond acceptors (Lipinski definition) is 5. The molecule has 0 spiro atoms. The number of hydrogen-bond donors (Lipinski definition) is 1. The van der Waals surface area contributed by atoms with Crippen molar-refractivity contribution in [2.75, 3.05) is 27.2 Å².